The van der Waals surface area contributed by atoms with E-state index in [9.17, 15) is 10.1 Å². The van der Waals surface area contributed by atoms with Crippen LogP contribution in [0.15, 0.2) is 54.2 Å². The molecule has 2 aromatic rings. The van der Waals surface area contributed by atoms with Crippen LogP contribution in [0, 0.1) is 18.3 Å². The lowest BCUT2D eigenvalue weighted by molar-refractivity contribution is -0.114. The van der Waals surface area contributed by atoms with Gasteiger partial charge in [-0.15, -0.1) is 0 Å². The van der Waals surface area contributed by atoms with Gasteiger partial charge >= 0.3 is 0 Å². The van der Waals surface area contributed by atoms with E-state index in [1.807, 2.05) is 55.5 Å². The van der Waals surface area contributed by atoms with Crippen molar-refractivity contribution in [2.75, 3.05) is 22.5 Å². The smallest absolute Gasteiger partial charge is 0.270 e. The zero-order valence-corrected chi connectivity index (χ0v) is 14.1. The van der Waals surface area contributed by atoms with Crippen molar-refractivity contribution in [3.8, 4) is 6.07 Å². The molecule has 0 spiro atoms. The van der Waals surface area contributed by atoms with Gasteiger partial charge in [-0.3, -0.25) is 4.79 Å². The number of nitrogens with one attached hydrogen (secondary N) is 1. The average Bonchev–Trinajstić information content (AvgIpc) is 2.63. The average molecular weight is 332 g/mol. The summed E-state index contributed by atoms with van der Waals surface area (Å²) in [6.07, 6.45) is 3.27. The number of anilines is 3. The Labute approximate surface area is 147 Å². The Morgan fingerprint density at radius 2 is 2.12 bits per heavy atom. The van der Waals surface area contributed by atoms with E-state index in [1.54, 1.807) is 4.90 Å². The molecule has 1 aliphatic heterocycles. The second-order valence-electron chi connectivity index (χ2n) is 6.09. The standard InChI is InChI=1S/C20H20N4O/c1-14-8-9-18(17(22)11-14)23-13-16(12-21)20(25)24-10-4-6-15-5-2-3-7-19(15)24/h2-3,5,7-9,11,13,23H,4,6,10,22H2,1H3/b16-13-. The number of nitriles is 1. The minimum Gasteiger partial charge on any atom is -0.397 e. The van der Waals surface area contributed by atoms with Crippen LogP contribution in [0.25, 0.3) is 0 Å². The molecule has 0 aliphatic carbocycles. The number of nitrogen functional groups attached to an aromatic ring is 1. The van der Waals surface area contributed by atoms with Crippen molar-refractivity contribution in [3.63, 3.8) is 0 Å². The van der Waals surface area contributed by atoms with E-state index in [2.05, 4.69) is 5.32 Å². The van der Waals surface area contributed by atoms with E-state index >= 15 is 0 Å². The summed E-state index contributed by atoms with van der Waals surface area (Å²) in [6.45, 7) is 2.57. The van der Waals surface area contributed by atoms with Crippen LogP contribution in [0.5, 0.6) is 0 Å². The topological polar surface area (TPSA) is 82.2 Å². The predicted molar refractivity (Wildman–Crippen MR) is 100 cm³/mol. The maximum atomic E-state index is 12.8. The third-order valence-electron chi connectivity index (χ3n) is 4.29. The highest BCUT2D eigenvalue weighted by Crippen LogP contribution is 2.28. The molecular formula is C20H20N4O. The summed E-state index contributed by atoms with van der Waals surface area (Å²) < 4.78 is 0. The molecule has 0 atom stereocenters. The number of aryl methyl sites for hydroxylation is 2. The van der Waals surface area contributed by atoms with Gasteiger partial charge in [0.2, 0.25) is 0 Å². The van der Waals surface area contributed by atoms with E-state index in [0.717, 1.165) is 29.7 Å². The molecule has 5 nitrogen and oxygen atoms in total. The van der Waals surface area contributed by atoms with Gasteiger partial charge in [0.15, 0.2) is 0 Å². The number of nitrogens with two attached hydrogens (primary N) is 1. The van der Waals surface area contributed by atoms with Gasteiger partial charge in [-0.2, -0.15) is 5.26 Å². The normalized spacial score (nSPS) is 13.8. The lowest BCUT2D eigenvalue weighted by Crippen LogP contribution is -2.36. The van der Waals surface area contributed by atoms with Crippen LogP contribution < -0.4 is 16.0 Å². The minimum absolute atomic E-state index is 0.0525. The molecule has 1 heterocycles. The number of carbonyl (C=O) groups excluding carboxylic acids is 1. The van der Waals surface area contributed by atoms with Gasteiger partial charge in [0.25, 0.3) is 5.91 Å². The van der Waals surface area contributed by atoms with Gasteiger partial charge in [-0.1, -0.05) is 24.3 Å². The summed E-state index contributed by atoms with van der Waals surface area (Å²) in [4.78, 5) is 14.5. The first-order valence-electron chi connectivity index (χ1n) is 8.23. The zero-order chi connectivity index (χ0) is 17.8. The molecule has 0 saturated carbocycles. The van der Waals surface area contributed by atoms with Crippen LogP contribution >= 0.6 is 0 Å². The van der Waals surface area contributed by atoms with Gasteiger partial charge in [0.05, 0.1) is 11.4 Å². The second-order valence-corrected chi connectivity index (χ2v) is 6.09. The number of nitrogens with zero attached hydrogens (tertiary/aromatic N) is 2. The number of amides is 1. The van der Waals surface area contributed by atoms with Crippen LogP contribution in [0.3, 0.4) is 0 Å². The maximum absolute atomic E-state index is 12.8. The Kier molecular flexibility index (Phi) is 4.71. The molecular weight excluding hydrogens is 312 g/mol. The molecule has 0 bridgehead atoms. The van der Waals surface area contributed by atoms with E-state index in [-0.39, 0.29) is 11.5 Å². The minimum atomic E-state index is -0.298. The first-order valence-corrected chi connectivity index (χ1v) is 8.23. The van der Waals surface area contributed by atoms with E-state index in [0.29, 0.717) is 17.9 Å². The lowest BCUT2D eigenvalue weighted by Gasteiger charge is -2.29. The first kappa shape index (κ1) is 16.6. The fourth-order valence-corrected chi connectivity index (χ4v) is 3.00. The lowest BCUT2D eigenvalue weighted by atomic mass is 10.0. The maximum Gasteiger partial charge on any atom is 0.270 e. The summed E-state index contributed by atoms with van der Waals surface area (Å²) in [6, 6.07) is 15.4. The third kappa shape index (κ3) is 3.48. The van der Waals surface area contributed by atoms with E-state index in [4.69, 9.17) is 5.73 Å². The second kappa shape index (κ2) is 7.10. The predicted octanol–water partition coefficient (Wildman–Crippen LogP) is 3.38. The van der Waals surface area contributed by atoms with Gasteiger partial charge in [0, 0.05) is 18.4 Å². The summed E-state index contributed by atoms with van der Waals surface area (Å²) in [7, 11) is 0. The highest BCUT2D eigenvalue weighted by atomic mass is 16.2. The van der Waals surface area contributed by atoms with Crippen LogP contribution in [-0.2, 0) is 11.2 Å². The fourth-order valence-electron chi connectivity index (χ4n) is 3.00. The van der Waals surface area contributed by atoms with Crippen LogP contribution in [0.4, 0.5) is 17.1 Å². The fraction of sp³-hybridized carbons (Fsp3) is 0.200. The number of hydrogen-bond acceptors (Lipinski definition) is 4. The van der Waals surface area contributed by atoms with Gasteiger partial charge < -0.3 is 16.0 Å². The largest absolute Gasteiger partial charge is 0.397 e. The number of rotatable bonds is 3. The third-order valence-corrected chi connectivity index (χ3v) is 4.29. The first-order chi connectivity index (χ1) is 12.1. The molecule has 0 aromatic heterocycles. The number of fused-ring (bicyclic) bond motifs is 1. The van der Waals surface area contributed by atoms with Crippen molar-refractivity contribution in [1.29, 1.82) is 5.26 Å². The molecule has 0 unspecified atom stereocenters. The Morgan fingerprint density at radius 1 is 1.32 bits per heavy atom. The van der Waals surface area contributed by atoms with Crippen molar-refractivity contribution in [2.45, 2.75) is 19.8 Å². The summed E-state index contributed by atoms with van der Waals surface area (Å²) in [5.74, 6) is -0.298. The monoisotopic (exact) mass is 332 g/mol. The van der Waals surface area contributed by atoms with Gasteiger partial charge in [0.1, 0.15) is 11.6 Å². The summed E-state index contributed by atoms with van der Waals surface area (Å²) in [5, 5.41) is 12.4. The highest BCUT2D eigenvalue weighted by molar-refractivity contribution is 6.09. The Morgan fingerprint density at radius 3 is 2.88 bits per heavy atom. The van der Waals surface area contributed by atoms with Gasteiger partial charge in [-0.05, 0) is 49.1 Å². The molecule has 2 aromatic carbocycles. The van der Waals surface area contributed by atoms with Crippen molar-refractivity contribution in [3.05, 3.63) is 65.4 Å². The van der Waals surface area contributed by atoms with Crippen LogP contribution in [-0.4, -0.2) is 12.5 Å². The zero-order valence-electron chi connectivity index (χ0n) is 14.1. The van der Waals surface area contributed by atoms with Crippen molar-refractivity contribution in [2.24, 2.45) is 0 Å². The van der Waals surface area contributed by atoms with Crippen molar-refractivity contribution in [1.82, 2.24) is 0 Å². The van der Waals surface area contributed by atoms with Crippen molar-refractivity contribution < 1.29 is 4.79 Å². The number of carbonyl (C=O) groups is 1. The molecule has 1 aliphatic rings. The quantitative estimate of drug-likeness (QED) is 0.513. The molecule has 5 heteroatoms. The number of para-hydroxylation sites is 1. The van der Waals surface area contributed by atoms with Crippen LogP contribution in [0.2, 0.25) is 0 Å². The Balaban J connectivity index is 1.84. The molecule has 3 rings (SSSR count). The van der Waals surface area contributed by atoms with Crippen molar-refractivity contribution >= 4 is 23.0 Å². The number of benzene rings is 2. The van der Waals surface area contributed by atoms with E-state index < -0.39 is 0 Å². The molecule has 25 heavy (non-hydrogen) atoms. The molecule has 126 valence electrons. The molecule has 0 fully saturated rings. The number of hydrogen-bond donors (Lipinski definition) is 2. The SMILES string of the molecule is Cc1ccc(N/C=C(/C#N)C(=O)N2CCCc3ccccc32)c(N)c1. The summed E-state index contributed by atoms with van der Waals surface area (Å²) in [5.41, 5.74) is 10.3. The Hall–Kier alpha value is -3.26. The van der Waals surface area contributed by atoms with Crippen LogP contribution in [0.1, 0.15) is 17.5 Å². The van der Waals surface area contributed by atoms with E-state index in [1.165, 1.54) is 6.20 Å². The molecule has 1 amide bonds. The molecule has 3 N–H and O–H groups in total. The molecule has 0 radical (unpaired) electrons. The molecule has 0 saturated heterocycles. The Bertz CT molecular complexity index is 880. The van der Waals surface area contributed by atoms with Gasteiger partial charge in [-0.25, -0.2) is 0 Å². The summed E-state index contributed by atoms with van der Waals surface area (Å²) >= 11 is 0. The highest BCUT2D eigenvalue weighted by Gasteiger charge is 2.24.